The number of nitrogens with one attached hydrogen (secondary N) is 2. The Balaban J connectivity index is 1.24. The lowest BCUT2D eigenvalue weighted by atomic mass is 10.0. The number of carboxylic acid groups (broad SMARTS) is 1. The lowest BCUT2D eigenvalue weighted by Crippen LogP contribution is -2.40. The van der Waals surface area contributed by atoms with Crippen LogP contribution < -0.4 is 15.5 Å². The molecule has 2 aliphatic rings. The Kier molecular flexibility index (Phi) is 6.92. The van der Waals surface area contributed by atoms with Crippen LogP contribution in [0.25, 0.3) is 33.1 Å². The van der Waals surface area contributed by atoms with Crippen LogP contribution in [0, 0.1) is 0 Å². The highest BCUT2D eigenvalue weighted by Crippen LogP contribution is 2.59. The second-order valence-electron chi connectivity index (χ2n) is 12.7. The molecule has 4 amide bonds. The van der Waals surface area contributed by atoms with Crippen molar-refractivity contribution in [3.05, 3.63) is 48.8 Å². The molecule has 4 aromatic heterocycles. The van der Waals surface area contributed by atoms with Crippen molar-refractivity contribution in [2.45, 2.75) is 69.7 Å². The number of hydrogen-bond donors (Lipinski definition) is 3. The van der Waals surface area contributed by atoms with E-state index >= 15 is 0 Å². The molecular weight excluding hydrogens is 639 g/mol. The highest BCUT2D eigenvalue weighted by atomic mass is 19.4. The largest absolute Gasteiger partial charge is 0.464 e. The van der Waals surface area contributed by atoms with Crippen molar-refractivity contribution < 1.29 is 46.3 Å². The molecule has 0 atom stereocenters. The van der Waals surface area contributed by atoms with Gasteiger partial charge in [0.2, 0.25) is 0 Å². The van der Waals surface area contributed by atoms with Crippen molar-refractivity contribution in [2.24, 2.45) is 0 Å². The molecule has 0 unspecified atom stereocenters. The van der Waals surface area contributed by atoms with Crippen LogP contribution in [0.2, 0.25) is 0 Å². The van der Waals surface area contributed by atoms with E-state index in [0.717, 1.165) is 18.9 Å². The maximum atomic E-state index is 13.5. The highest BCUT2D eigenvalue weighted by molar-refractivity contribution is 6.17. The minimum absolute atomic E-state index is 0.108. The van der Waals surface area contributed by atoms with E-state index in [2.05, 4.69) is 25.8 Å². The predicted molar refractivity (Wildman–Crippen MR) is 164 cm³/mol. The maximum absolute atomic E-state index is 13.5. The van der Waals surface area contributed by atoms with Gasteiger partial charge < -0.3 is 28.7 Å². The molecule has 7 rings (SSSR count). The van der Waals surface area contributed by atoms with Crippen LogP contribution in [0.1, 0.15) is 58.3 Å². The van der Waals surface area contributed by atoms with Gasteiger partial charge in [0, 0.05) is 29.3 Å². The third-order valence-corrected chi connectivity index (χ3v) is 8.18. The molecule has 4 heterocycles. The number of fused-ring (bicyclic) bond motifs is 2. The third kappa shape index (κ3) is 5.33. The summed E-state index contributed by atoms with van der Waals surface area (Å²) in [5, 5.41) is 19.5. The fourth-order valence-electron chi connectivity index (χ4n) is 5.66. The topological polar surface area (TPSA) is 178 Å². The number of rotatable bonds is 6. The Morgan fingerprint density at radius 1 is 1.08 bits per heavy atom. The molecule has 17 heteroatoms. The summed E-state index contributed by atoms with van der Waals surface area (Å²) < 4.78 is 58.4. The van der Waals surface area contributed by atoms with E-state index in [1.165, 1.54) is 12.6 Å². The molecule has 2 fully saturated rings. The normalized spacial score (nSPS) is 15.8. The number of hydrogen-bond acceptors (Lipinski definition) is 9. The number of carbonyl (C=O) groups excluding carboxylic acids is 2. The van der Waals surface area contributed by atoms with Gasteiger partial charge in [0.25, 0.3) is 0 Å². The fourth-order valence-corrected chi connectivity index (χ4v) is 5.66. The van der Waals surface area contributed by atoms with Crippen LogP contribution in [0.15, 0.2) is 52.0 Å². The van der Waals surface area contributed by atoms with Gasteiger partial charge in [-0.1, -0.05) is 11.2 Å². The molecule has 0 saturated heterocycles. The first-order valence-corrected chi connectivity index (χ1v) is 14.9. The van der Waals surface area contributed by atoms with E-state index in [1.807, 2.05) is 10.8 Å². The van der Waals surface area contributed by atoms with Crippen molar-refractivity contribution in [2.75, 3.05) is 15.5 Å². The number of aromatic nitrogens is 4. The Hall–Kier alpha value is -5.61. The van der Waals surface area contributed by atoms with Gasteiger partial charge in [0.05, 0.1) is 17.3 Å². The van der Waals surface area contributed by atoms with Gasteiger partial charge in [0.1, 0.15) is 23.0 Å². The van der Waals surface area contributed by atoms with Crippen LogP contribution in [0.5, 0.6) is 0 Å². The summed E-state index contributed by atoms with van der Waals surface area (Å²) in [6.07, 6.45) is -1.33. The van der Waals surface area contributed by atoms with Gasteiger partial charge in [0.15, 0.2) is 23.0 Å². The number of furan rings is 1. The third-order valence-electron chi connectivity index (χ3n) is 8.18. The Labute approximate surface area is 268 Å². The predicted octanol–water partition coefficient (Wildman–Crippen LogP) is 7.82. The molecule has 0 bridgehead atoms. The number of carbonyl (C=O) groups is 3. The zero-order valence-electron chi connectivity index (χ0n) is 25.7. The minimum atomic E-state index is -4.50. The van der Waals surface area contributed by atoms with Crippen LogP contribution in [0.3, 0.4) is 0 Å². The number of nitrogens with zero attached hydrogens (tertiary/aromatic N) is 5. The smallest absolute Gasteiger partial charge is 0.425 e. The van der Waals surface area contributed by atoms with Crippen LogP contribution >= 0.6 is 0 Å². The minimum Gasteiger partial charge on any atom is -0.464 e. The maximum Gasteiger partial charge on any atom is 0.425 e. The molecule has 0 spiro atoms. The van der Waals surface area contributed by atoms with Gasteiger partial charge in [-0.2, -0.15) is 18.1 Å². The number of alkyl halides is 3. The molecule has 0 radical (unpaired) electrons. The van der Waals surface area contributed by atoms with Crippen LogP contribution in [-0.4, -0.2) is 54.8 Å². The first-order chi connectivity index (χ1) is 22.7. The second kappa shape index (κ2) is 10.7. The van der Waals surface area contributed by atoms with Crippen molar-refractivity contribution in [1.82, 2.24) is 19.7 Å². The zero-order valence-corrected chi connectivity index (χ0v) is 25.7. The van der Waals surface area contributed by atoms with Gasteiger partial charge >= 0.3 is 24.4 Å². The number of halogens is 3. The monoisotopic (exact) mass is 667 g/mol. The molecular formula is C31H28F3N7O7. The summed E-state index contributed by atoms with van der Waals surface area (Å²) in [5.74, 6) is -0.761. The summed E-state index contributed by atoms with van der Waals surface area (Å²) in [7, 11) is 0. The summed E-state index contributed by atoms with van der Waals surface area (Å²) in [4.78, 5) is 47.6. The standard InChI is InChI=1S/C31H28F3N7O7/c1-29(2,3)47-28(45)41(27(43)44)25-22-18(13-40(15-4-5-15)24(22)35-14-36-25)16-6-7-19(23-17(16)8-11-46-23)37-26(42)38-21-12-20(48-39-21)30(9-10-30)31(32,33)34/h6-8,11-15H,4-5,9-10H2,1-3H3,(H,43,44)(H2,37,38,39,42). The number of benzene rings is 1. The van der Waals surface area contributed by atoms with Crippen molar-refractivity contribution in [1.29, 1.82) is 0 Å². The quantitative estimate of drug-likeness (QED) is 0.162. The average Bonchev–Trinajstić information content (AvgIpc) is 3.86. The highest BCUT2D eigenvalue weighted by Gasteiger charge is 2.67. The van der Waals surface area contributed by atoms with E-state index in [4.69, 9.17) is 13.7 Å². The fraction of sp³-hybridized carbons (Fsp3) is 0.355. The Bertz CT molecular complexity index is 2100. The number of imide groups is 1. The van der Waals surface area contributed by atoms with E-state index < -0.39 is 35.4 Å². The number of amides is 4. The van der Waals surface area contributed by atoms with Gasteiger partial charge in [-0.15, -0.1) is 0 Å². The van der Waals surface area contributed by atoms with E-state index in [0.29, 0.717) is 27.1 Å². The molecule has 250 valence electrons. The number of anilines is 3. The van der Waals surface area contributed by atoms with Crippen molar-refractivity contribution in [3.8, 4) is 11.1 Å². The Morgan fingerprint density at radius 2 is 1.83 bits per heavy atom. The molecule has 1 aromatic carbocycles. The second-order valence-corrected chi connectivity index (χ2v) is 12.7. The summed E-state index contributed by atoms with van der Waals surface area (Å²) >= 11 is 0. The zero-order chi connectivity index (χ0) is 34.2. The van der Waals surface area contributed by atoms with Crippen molar-refractivity contribution >= 4 is 57.5 Å². The Morgan fingerprint density at radius 3 is 2.48 bits per heavy atom. The van der Waals surface area contributed by atoms with Gasteiger partial charge in [-0.3, -0.25) is 5.32 Å². The molecule has 14 nitrogen and oxygen atoms in total. The van der Waals surface area contributed by atoms with Crippen LogP contribution in [-0.2, 0) is 10.2 Å². The van der Waals surface area contributed by atoms with Crippen molar-refractivity contribution in [3.63, 3.8) is 0 Å². The molecule has 5 aromatic rings. The SMILES string of the molecule is CC(C)(C)OC(=O)N(C(=O)O)c1ncnc2c1c(-c1ccc(NC(=O)Nc3cc(C4(C(F)(F)F)CC4)on3)c3occc13)cn2C1CC1. The first kappa shape index (κ1) is 31.0. The lowest BCUT2D eigenvalue weighted by molar-refractivity contribution is -0.165. The lowest BCUT2D eigenvalue weighted by Gasteiger charge is -2.24. The van der Waals surface area contributed by atoms with Gasteiger partial charge in [-0.05, 0) is 64.2 Å². The molecule has 0 aliphatic heterocycles. The summed E-state index contributed by atoms with van der Waals surface area (Å²) in [6, 6.07) is 5.21. The average molecular weight is 668 g/mol. The van der Waals surface area contributed by atoms with E-state index in [-0.39, 0.29) is 52.9 Å². The summed E-state index contributed by atoms with van der Waals surface area (Å²) in [5.41, 5.74) is -1.15. The van der Waals surface area contributed by atoms with Gasteiger partial charge in [-0.25, -0.2) is 24.4 Å². The molecule has 2 saturated carbocycles. The summed E-state index contributed by atoms with van der Waals surface area (Å²) in [6.45, 7) is 4.84. The molecule has 2 aliphatic carbocycles. The number of urea groups is 1. The first-order valence-electron chi connectivity index (χ1n) is 14.9. The molecule has 48 heavy (non-hydrogen) atoms. The number of ether oxygens (including phenoxy) is 1. The van der Waals surface area contributed by atoms with E-state index in [9.17, 15) is 32.7 Å². The van der Waals surface area contributed by atoms with E-state index in [1.54, 1.807) is 39.0 Å². The molecule has 3 N–H and O–H groups in total. The van der Waals surface area contributed by atoms with Crippen LogP contribution in [0.4, 0.5) is 44.9 Å².